The first kappa shape index (κ1) is 20.5. The monoisotopic (exact) mass is 484 g/mol. The summed E-state index contributed by atoms with van der Waals surface area (Å²) in [4.78, 5) is 24.4. The van der Waals surface area contributed by atoms with E-state index in [4.69, 9.17) is 9.47 Å². The van der Waals surface area contributed by atoms with E-state index in [-0.39, 0.29) is 35.5 Å². The van der Waals surface area contributed by atoms with E-state index in [1.807, 2.05) is 36.4 Å². The van der Waals surface area contributed by atoms with Crippen LogP contribution in [-0.4, -0.2) is 56.1 Å². The van der Waals surface area contributed by atoms with Crippen LogP contribution in [0.15, 0.2) is 69.6 Å². The topological polar surface area (TPSA) is 52.6 Å². The molecule has 0 unspecified atom stereocenters. The molecule has 0 spiro atoms. The van der Waals surface area contributed by atoms with Gasteiger partial charge in [-0.2, -0.15) is 0 Å². The number of hydrogen-bond donors (Lipinski definition) is 0. The number of hydrogen-bond acceptors (Lipinski definition) is 4. The molecule has 0 fully saturated rings. The van der Waals surface area contributed by atoms with Gasteiger partial charge in [0.05, 0.1) is 0 Å². The van der Waals surface area contributed by atoms with E-state index in [0.717, 1.165) is 14.0 Å². The summed E-state index contributed by atoms with van der Waals surface area (Å²) < 4.78 is 10.6. The maximum atomic E-state index is 12.2. The van der Waals surface area contributed by atoms with Crippen LogP contribution in [0.2, 0.25) is 0 Å². The first-order valence-electron chi connectivity index (χ1n) is 7.90. The summed E-state index contributed by atoms with van der Waals surface area (Å²) in [7, 11) is 2.58. The molecule has 0 aliphatic heterocycles. The number of esters is 2. The Morgan fingerprint density at radius 1 is 0.731 bits per heavy atom. The molecule has 0 saturated heterocycles. The van der Waals surface area contributed by atoms with Crippen molar-refractivity contribution in [2.45, 2.75) is 10.6 Å². The van der Waals surface area contributed by atoms with Crippen molar-refractivity contribution >= 4 is 41.9 Å². The molecule has 0 radical (unpaired) electrons. The molecular weight excluding hydrogens is 462 g/mol. The molecule has 0 bridgehead atoms. The molecule has 0 aliphatic carbocycles. The van der Waals surface area contributed by atoms with Crippen molar-refractivity contribution in [2.75, 3.05) is 14.2 Å². The quantitative estimate of drug-likeness (QED) is 0.191. The molecule has 6 heteroatoms. The minimum absolute atomic E-state index is 0.0339. The van der Waals surface area contributed by atoms with Crippen LogP contribution in [0.5, 0.6) is 0 Å². The van der Waals surface area contributed by atoms with Crippen LogP contribution >= 0.6 is 0 Å². The predicted octanol–water partition coefficient (Wildman–Crippen LogP) is 2.35. The molecule has 0 saturated carbocycles. The van der Waals surface area contributed by atoms with Crippen molar-refractivity contribution in [3.8, 4) is 0 Å². The molecule has 136 valence electrons. The normalized spacial score (nSPS) is 10.1. The van der Waals surface area contributed by atoms with Crippen molar-refractivity contribution in [2.24, 2.45) is 0 Å². The zero-order valence-corrected chi connectivity index (χ0v) is 18.1. The third-order valence-corrected chi connectivity index (χ3v) is 9.94. The zero-order valence-electron chi connectivity index (χ0n) is 14.6. The van der Waals surface area contributed by atoms with Gasteiger partial charge in [0.2, 0.25) is 0 Å². The molecule has 0 amide bonds. The molecule has 2 aromatic rings. The Hall–Kier alpha value is -1.84. The van der Waals surface area contributed by atoms with Gasteiger partial charge in [0.1, 0.15) is 0 Å². The molecule has 2 aromatic carbocycles. The molecule has 0 atom stereocenters. The number of ether oxygens (including phenoxy) is 2. The Morgan fingerprint density at radius 2 is 1.12 bits per heavy atom. The van der Waals surface area contributed by atoms with Crippen molar-refractivity contribution in [3.63, 3.8) is 0 Å². The SMILES string of the molecule is COC(=O)C(C(=O)OC)=C([Se]Cc1ccccc1)[Se]Cc1ccccc1. The number of carbonyl (C=O) groups is 2. The third-order valence-electron chi connectivity index (χ3n) is 3.41. The first-order chi connectivity index (χ1) is 12.7. The zero-order chi connectivity index (χ0) is 18.8. The van der Waals surface area contributed by atoms with E-state index in [1.54, 1.807) is 0 Å². The van der Waals surface area contributed by atoms with Crippen molar-refractivity contribution < 1.29 is 19.1 Å². The number of rotatable bonds is 8. The molecular formula is C20H20O4Se2. The Kier molecular flexibility index (Phi) is 8.66. The van der Waals surface area contributed by atoms with Gasteiger partial charge in [-0.1, -0.05) is 0 Å². The van der Waals surface area contributed by atoms with Gasteiger partial charge in [-0.25, -0.2) is 0 Å². The molecule has 0 heterocycles. The van der Waals surface area contributed by atoms with Gasteiger partial charge in [-0.15, -0.1) is 0 Å². The standard InChI is InChI=1S/C20H20O4Se2/c1-23-18(21)17(19(22)24-2)20(25-13-15-9-5-3-6-10-15)26-14-16-11-7-4-8-12-16/h3-12H,13-14H2,1-2H3. The summed E-state index contributed by atoms with van der Waals surface area (Å²) in [5.74, 6) is -1.23. The van der Waals surface area contributed by atoms with Gasteiger partial charge < -0.3 is 0 Å². The molecule has 0 aliphatic rings. The summed E-state index contributed by atoms with van der Waals surface area (Å²) in [5.41, 5.74) is 2.45. The summed E-state index contributed by atoms with van der Waals surface area (Å²) in [6.45, 7) is 0. The van der Waals surface area contributed by atoms with E-state index >= 15 is 0 Å². The van der Waals surface area contributed by atoms with Crippen LogP contribution in [-0.2, 0) is 29.7 Å². The fourth-order valence-corrected chi connectivity index (χ4v) is 7.82. The van der Waals surface area contributed by atoms with Crippen LogP contribution in [0.3, 0.4) is 0 Å². The fraction of sp³-hybridized carbons (Fsp3) is 0.200. The summed E-state index contributed by atoms with van der Waals surface area (Å²) >= 11 is -0.0678. The summed E-state index contributed by atoms with van der Waals surface area (Å²) in [5, 5.41) is 1.63. The number of methoxy groups -OCH3 is 2. The van der Waals surface area contributed by atoms with E-state index in [2.05, 4.69) is 24.3 Å². The second-order valence-corrected chi connectivity index (χ2v) is 10.6. The van der Waals surface area contributed by atoms with Crippen molar-refractivity contribution in [3.05, 3.63) is 80.7 Å². The minimum atomic E-state index is -0.614. The number of carbonyl (C=O) groups excluding carboxylic acids is 2. The van der Waals surface area contributed by atoms with Gasteiger partial charge in [0.15, 0.2) is 0 Å². The summed E-state index contributed by atoms with van der Waals surface area (Å²) in [6.07, 6.45) is 0. The predicted molar refractivity (Wildman–Crippen MR) is 103 cm³/mol. The Balaban J connectivity index is 2.26. The molecule has 4 nitrogen and oxygen atoms in total. The average Bonchev–Trinajstić information content (AvgIpc) is 2.70. The van der Waals surface area contributed by atoms with Crippen LogP contribution in [0.1, 0.15) is 11.1 Å². The Bertz CT molecular complexity index is 694. The van der Waals surface area contributed by atoms with Crippen LogP contribution in [0.4, 0.5) is 0 Å². The Morgan fingerprint density at radius 3 is 1.46 bits per heavy atom. The van der Waals surface area contributed by atoms with Crippen LogP contribution < -0.4 is 0 Å². The first-order valence-corrected chi connectivity index (χ1v) is 12.0. The summed E-state index contributed by atoms with van der Waals surface area (Å²) in [6, 6.07) is 20.1. The fourth-order valence-electron chi connectivity index (χ4n) is 2.09. The second-order valence-electron chi connectivity index (χ2n) is 5.19. The van der Waals surface area contributed by atoms with E-state index in [0.29, 0.717) is 0 Å². The molecule has 0 aromatic heterocycles. The van der Waals surface area contributed by atoms with Gasteiger partial charge in [-0.05, 0) is 0 Å². The molecule has 0 N–H and O–H groups in total. The van der Waals surface area contributed by atoms with Crippen LogP contribution in [0.25, 0.3) is 0 Å². The van der Waals surface area contributed by atoms with E-state index in [1.165, 1.54) is 25.3 Å². The van der Waals surface area contributed by atoms with Gasteiger partial charge in [0.25, 0.3) is 0 Å². The van der Waals surface area contributed by atoms with Gasteiger partial charge >= 0.3 is 167 Å². The third kappa shape index (κ3) is 6.15. The Labute approximate surface area is 166 Å². The molecule has 26 heavy (non-hydrogen) atoms. The number of benzene rings is 2. The molecule has 2 rings (SSSR count). The van der Waals surface area contributed by atoms with Crippen molar-refractivity contribution in [1.29, 1.82) is 0 Å². The van der Waals surface area contributed by atoms with E-state index in [9.17, 15) is 9.59 Å². The second kappa shape index (κ2) is 11.0. The maximum absolute atomic E-state index is 12.2. The van der Waals surface area contributed by atoms with Gasteiger partial charge in [0, 0.05) is 0 Å². The van der Waals surface area contributed by atoms with Crippen molar-refractivity contribution in [1.82, 2.24) is 0 Å². The van der Waals surface area contributed by atoms with Crippen LogP contribution in [0, 0.1) is 0 Å². The average molecular weight is 482 g/mol. The van der Waals surface area contributed by atoms with Gasteiger partial charge in [-0.3, -0.25) is 0 Å². The van der Waals surface area contributed by atoms with E-state index < -0.39 is 11.9 Å².